The van der Waals surface area contributed by atoms with Crippen molar-refractivity contribution in [3.63, 3.8) is 0 Å². The minimum atomic E-state index is -0.0757. The molecule has 102 valence electrons. The molecule has 1 heterocycles. The van der Waals surface area contributed by atoms with Crippen LogP contribution in [0.3, 0.4) is 0 Å². The molecule has 0 bridgehead atoms. The second-order valence-corrected chi connectivity index (χ2v) is 4.38. The highest BCUT2D eigenvalue weighted by Gasteiger charge is 2.04. The van der Waals surface area contributed by atoms with Crippen molar-refractivity contribution < 1.29 is 4.79 Å². The second-order valence-electron chi connectivity index (χ2n) is 4.01. The lowest BCUT2D eigenvalue weighted by atomic mass is 10.4. The van der Waals surface area contributed by atoms with Crippen LogP contribution in [0, 0.1) is 0 Å². The smallest absolute Gasteiger partial charge is 0.225 e. The molecule has 1 aromatic heterocycles. The summed E-state index contributed by atoms with van der Waals surface area (Å²) in [5, 5.41) is 6.97. The first-order valence-electron chi connectivity index (χ1n) is 6.30. The van der Waals surface area contributed by atoms with Crippen molar-refractivity contribution in [3.05, 3.63) is 12.4 Å². The first-order valence-corrected chi connectivity index (χ1v) is 6.83. The summed E-state index contributed by atoms with van der Waals surface area (Å²) in [6, 6.07) is 0. The maximum absolute atomic E-state index is 11.3. The summed E-state index contributed by atoms with van der Waals surface area (Å²) >= 11 is 5.50. The number of aromatic nitrogens is 2. The summed E-state index contributed by atoms with van der Waals surface area (Å²) in [7, 11) is 0. The normalized spacial score (nSPS) is 10.9. The third-order valence-corrected chi connectivity index (χ3v) is 2.97. The lowest BCUT2D eigenvalue weighted by Gasteiger charge is -2.17. The molecular formula is C12H21ClN4O. The third-order valence-electron chi connectivity index (χ3n) is 2.78. The van der Waals surface area contributed by atoms with E-state index < -0.39 is 0 Å². The molecule has 0 aromatic carbocycles. The van der Waals surface area contributed by atoms with Crippen LogP contribution in [-0.2, 0) is 11.3 Å². The summed E-state index contributed by atoms with van der Waals surface area (Å²) in [6.07, 6.45) is 3.83. The van der Waals surface area contributed by atoms with Crippen molar-refractivity contribution in [1.29, 1.82) is 0 Å². The van der Waals surface area contributed by atoms with Gasteiger partial charge in [0.2, 0.25) is 5.91 Å². The van der Waals surface area contributed by atoms with Gasteiger partial charge in [-0.3, -0.25) is 9.48 Å². The minimum absolute atomic E-state index is 0.0757. The highest BCUT2D eigenvalue weighted by atomic mass is 35.5. The highest BCUT2D eigenvalue weighted by molar-refractivity contribution is 6.19. The molecule has 0 saturated heterocycles. The molecule has 0 atom stereocenters. The number of likely N-dealkylation sites (N-methyl/N-ethyl adjacent to an activating group) is 1. The Hall–Kier alpha value is -1.07. The highest BCUT2D eigenvalue weighted by Crippen LogP contribution is 2.05. The number of halogens is 1. The van der Waals surface area contributed by atoms with Gasteiger partial charge in [-0.15, -0.1) is 11.6 Å². The van der Waals surface area contributed by atoms with Gasteiger partial charge in [0, 0.05) is 25.0 Å². The molecule has 0 fully saturated rings. The fourth-order valence-electron chi connectivity index (χ4n) is 1.64. The van der Waals surface area contributed by atoms with E-state index in [0.29, 0.717) is 12.3 Å². The molecular weight excluding hydrogens is 252 g/mol. The summed E-state index contributed by atoms with van der Waals surface area (Å²) in [5.41, 5.74) is 0.727. The van der Waals surface area contributed by atoms with Crippen molar-refractivity contribution in [1.82, 2.24) is 14.7 Å². The Kier molecular flexibility index (Phi) is 6.75. The maximum Gasteiger partial charge on any atom is 0.225 e. The molecule has 1 amide bonds. The maximum atomic E-state index is 11.3. The molecule has 1 aromatic rings. The van der Waals surface area contributed by atoms with Crippen molar-refractivity contribution in [2.45, 2.75) is 26.8 Å². The van der Waals surface area contributed by atoms with Gasteiger partial charge in [-0.1, -0.05) is 13.8 Å². The first-order chi connectivity index (χ1) is 8.69. The molecule has 0 aliphatic heterocycles. The van der Waals surface area contributed by atoms with E-state index in [0.717, 1.165) is 31.9 Å². The Labute approximate surface area is 113 Å². The SMILES string of the molecule is CCN(CC)CCn1cc(NC(=O)CCCl)cn1. The third kappa shape index (κ3) is 5.06. The van der Waals surface area contributed by atoms with E-state index >= 15 is 0 Å². The Morgan fingerprint density at radius 1 is 1.50 bits per heavy atom. The molecule has 0 saturated carbocycles. The number of hydrogen-bond donors (Lipinski definition) is 1. The van der Waals surface area contributed by atoms with Gasteiger partial charge in [0.1, 0.15) is 0 Å². The molecule has 0 spiro atoms. The zero-order chi connectivity index (χ0) is 13.4. The number of hydrogen-bond acceptors (Lipinski definition) is 3. The Morgan fingerprint density at radius 3 is 2.83 bits per heavy atom. The van der Waals surface area contributed by atoms with Crippen LogP contribution < -0.4 is 5.32 Å². The number of nitrogens with one attached hydrogen (secondary N) is 1. The van der Waals surface area contributed by atoms with Crippen molar-refractivity contribution in [3.8, 4) is 0 Å². The monoisotopic (exact) mass is 272 g/mol. The standard InChI is InChI=1S/C12H21ClN4O/c1-3-16(4-2)7-8-17-10-11(9-14-17)15-12(18)5-6-13/h9-10H,3-8H2,1-2H3,(H,15,18). The van der Waals surface area contributed by atoms with Crippen LogP contribution in [0.1, 0.15) is 20.3 Å². The van der Waals surface area contributed by atoms with E-state index in [1.165, 1.54) is 0 Å². The average Bonchev–Trinajstić information content (AvgIpc) is 2.78. The summed E-state index contributed by atoms with van der Waals surface area (Å²) in [4.78, 5) is 13.7. The summed E-state index contributed by atoms with van der Waals surface area (Å²) in [6.45, 7) is 8.15. The van der Waals surface area contributed by atoms with Crippen LogP contribution in [0.5, 0.6) is 0 Å². The number of carbonyl (C=O) groups is 1. The number of anilines is 1. The number of nitrogens with zero attached hydrogens (tertiary/aromatic N) is 3. The van der Waals surface area contributed by atoms with Gasteiger partial charge in [-0.2, -0.15) is 5.10 Å². The predicted molar refractivity (Wildman–Crippen MR) is 74.0 cm³/mol. The van der Waals surface area contributed by atoms with E-state index in [-0.39, 0.29) is 5.91 Å². The molecule has 5 nitrogen and oxygen atoms in total. The van der Waals surface area contributed by atoms with E-state index in [2.05, 4.69) is 29.2 Å². The van der Waals surface area contributed by atoms with Crippen LogP contribution in [0.15, 0.2) is 12.4 Å². The minimum Gasteiger partial charge on any atom is -0.323 e. The Bertz CT molecular complexity index is 363. The van der Waals surface area contributed by atoms with Crippen molar-refractivity contribution >= 4 is 23.2 Å². The van der Waals surface area contributed by atoms with Gasteiger partial charge in [0.25, 0.3) is 0 Å². The molecule has 1 rings (SSSR count). The Morgan fingerprint density at radius 2 is 2.22 bits per heavy atom. The van der Waals surface area contributed by atoms with Crippen LogP contribution in [0.2, 0.25) is 0 Å². The second kappa shape index (κ2) is 8.11. The molecule has 0 aliphatic rings. The van der Waals surface area contributed by atoms with E-state index in [4.69, 9.17) is 11.6 Å². The van der Waals surface area contributed by atoms with Crippen LogP contribution in [-0.4, -0.2) is 46.1 Å². The number of amides is 1. The zero-order valence-electron chi connectivity index (χ0n) is 11.0. The summed E-state index contributed by atoms with van der Waals surface area (Å²) in [5.74, 6) is 0.260. The number of alkyl halides is 1. The number of rotatable bonds is 8. The molecule has 0 unspecified atom stereocenters. The fourth-order valence-corrected chi connectivity index (χ4v) is 1.82. The quantitative estimate of drug-likeness (QED) is 0.734. The molecule has 1 N–H and O–H groups in total. The largest absolute Gasteiger partial charge is 0.323 e. The molecule has 0 aliphatic carbocycles. The van der Waals surface area contributed by atoms with E-state index in [1.54, 1.807) is 6.20 Å². The Balaban J connectivity index is 2.40. The van der Waals surface area contributed by atoms with E-state index in [9.17, 15) is 4.79 Å². The van der Waals surface area contributed by atoms with Crippen molar-refractivity contribution in [2.24, 2.45) is 0 Å². The molecule has 0 radical (unpaired) electrons. The molecule has 18 heavy (non-hydrogen) atoms. The van der Waals surface area contributed by atoms with Crippen LogP contribution in [0.4, 0.5) is 5.69 Å². The first kappa shape index (κ1) is 15.0. The van der Waals surface area contributed by atoms with Gasteiger partial charge in [-0.05, 0) is 13.1 Å². The average molecular weight is 273 g/mol. The predicted octanol–water partition coefficient (Wildman–Crippen LogP) is 1.79. The fraction of sp³-hybridized carbons (Fsp3) is 0.667. The summed E-state index contributed by atoms with van der Waals surface area (Å²) < 4.78 is 1.84. The van der Waals surface area contributed by atoms with E-state index in [1.807, 2.05) is 10.9 Å². The molecule has 6 heteroatoms. The zero-order valence-corrected chi connectivity index (χ0v) is 11.8. The number of carbonyl (C=O) groups excluding carboxylic acids is 1. The van der Waals surface area contributed by atoms with Gasteiger partial charge in [0.15, 0.2) is 0 Å². The van der Waals surface area contributed by atoms with Gasteiger partial charge < -0.3 is 10.2 Å². The van der Waals surface area contributed by atoms with Crippen LogP contribution >= 0.6 is 11.6 Å². The van der Waals surface area contributed by atoms with Gasteiger partial charge >= 0.3 is 0 Å². The van der Waals surface area contributed by atoms with Gasteiger partial charge in [-0.25, -0.2) is 0 Å². The topological polar surface area (TPSA) is 50.2 Å². The van der Waals surface area contributed by atoms with Crippen LogP contribution in [0.25, 0.3) is 0 Å². The lowest BCUT2D eigenvalue weighted by Crippen LogP contribution is -2.27. The van der Waals surface area contributed by atoms with Crippen molar-refractivity contribution in [2.75, 3.05) is 30.8 Å². The lowest BCUT2D eigenvalue weighted by molar-refractivity contribution is -0.115. The van der Waals surface area contributed by atoms with Gasteiger partial charge in [0.05, 0.1) is 18.4 Å².